The Morgan fingerprint density at radius 3 is 2.39 bits per heavy atom. The highest BCUT2D eigenvalue weighted by Gasteiger charge is 2.21. The molecule has 8 heteroatoms. The molecule has 3 aromatic rings. The fourth-order valence-electron chi connectivity index (χ4n) is 3.62. The molecule has 0 spiro atoms. The van der Waals surface area contributed by atoms with E-state index in [0.29, 0.717) is 48.9 Å². The second kappa shape index (κ2) is 10.2. The normalized spacial score (nSPS) is 14.4. The number of benzene rings is 2. The van der Waals surface area contributed by atoms with Gasteiger partial charge < -0.3 is 20.3 Å². The summed E-state index contributed by atoms with van der Waals surface area (Å²) in [6, 6.07) is 15.8. The van der Waals surface area contributed by atoms with E-state index in [4.69, 9.17) is 4.74 Å². The first-order valence-corrected chi connectivity index (χ1v) is 10.8. The molecule has 0 bridgehead atoms. The smallest absolute Gasteiger partial charge is 0.255 e. The van der Waals surface area contributed by atoms with E-state index < -0.39 is 5.82 Å². The summed E-state index contributed by atoms with van der Waals surface area (Å²) in [5, 5.41) is 5.81. The van der Waals surface area contributed by atoms with Crippen LogP contribution in [0.3, 0.4) is 0 Å². The number of halogens is 1. The van der Waals surface area contributed by atoms with Gasteiger partial charge in [-0.05, 0) is 61.0 Å². The first-order valence-electron chi connectivity index (χ1n) is 10.8. The minimum Gasteiger partial charge on any atom is -0.378 e. The monoisotopic (exact) mass is 448 g/mol. The Bertz CT molecular complexity index is 1110. The lowest BCUT2D eigenvalue weighted by Gasteiger charge is -2.29. The van der Waals surface area contributed by atoms with Crippen molar-refractivity contribution in [2.24, 2.45) is 0 Å². The quantitative estimate of drug-likeness (QED) is 0.599. The van der Waals surface area contributed by atoms with Crippen LogP contribution in [0.25, 0.3) is 0 Å². The first-order chi connectivity index (χ1) is 16.0. The lowest BCUT2D eigenvalue weighted by atomic mass is 10.1. The number of carbonyl (C=O) groups is 2. The van der Waals surface area contributed by atoms with Gasteiger partial charge in [-0.1, -0.05) is 12.1 Å². The molecule has 2 N–H and O–H groups in total. The molecule has 170 valence electrons. The molecule has 1 fully saturated rings. The number of rotatable bonds is 6. The molecule has 4 rings (SSSR count). The molecule has 1 unspecified atom stereocenters. The number of hydrogen-bond acceptors (Lipinski definition) is 5. The van der Waals surface area contributed by atoms with Crippen LogP contribution in [0.5, 0.6) is 0 Å². The number of morpholine rings is 1. The van der Waals surface area contributed by atoms with E-state index in [9.17, 15) is 14.0 Å². The van der Waals surface area contributed by atoms with Crippen molar-refractivity contribution in [1.29, 1.82) is 0 Å². The van der Waals surface area contributed by atoms with Crippen LogP contribution in [0.15, 0.2) is 66.9 Å². The maximum absolute atomic E-state index is 13.0. The topological polar surface area (TPSA) is 83.6 Å². The zero-order valence-electron chi connectivity index (χ0n) is 18.3. The summed E-state index contributed by atoms with van der Waals surface area (Å²) in [6.07, 6.45) is 1.68. The summed E-state index contributed by atoms with van der Waals surface area (Å²) in [5.74, 6) is -0.262. The maximum atomic E-state index is 13.0. The third-order valence-electron chi connectivity index (χ3n) is 5.46. The van der Waals surface area contributed by atoms with Gasteiger partial charge in [0.05, 0.1) is 24.8 Å². The molecule has 0 radical (unpaired) electrons. The van der Waals surface area contributed by atoms with Crippen LogP contribution < -0.4 is 15.5 Å². The average molecular weight is 448 g/mol. The molecule has 1 aromatic heterocycles. The molecule has 1 atom stereocenters. The average Bonchev–Trinajstić information content (AvgIpc) is 2.85. The van der Waals surface area contributed by atoms with Gasteiger partial charge in [0, 0.05) is 30.5 Å². The highest BCUT2D eigenvalue weighted by Crippen LogP contribution is 2.21. The molecule has 2 amide bonds. The van der Waals surface area contributed by atoms with Crippen molar-refractivity contribution in [2.75, 3.05) is 36.5 Å². The van der Waals surface area contributed by atoms with Gasteiger partial charge in [0.25, 0.3) is 11.8 Å². The van der Waals surface area contributed by atoms with Crippen molar-refractivity contribution >= 4 is 23.3 Å². The highest BCUT2D eigenvalue weighted by molar-refractivity contribution is 6.04. The number of ether oxygens (including phenoxy) is 1. The molecule has 2 aromatic carbocycles. The van der Waals surface area contributed by atoms with E-state index in [-0.39, 0.29) is 17.9 Å². The summed E-state index contributed by atoms with van der Waals surface area (Å²) in [6.45, 7) is 4.50. The Kier molecular flexibility index (Phi) is 6.95. The minimum atomic E-state index is -0.393. The standard InChI is InChI=1S/C25H25FN4O3/c1-17(28-25(32)22-3-2-12-27-23(22)30-13-15-33-16-14-30)18-6-10-21(11-7-18)29-24(31)19-4-8-20(26)9-5-19/h2-12,17H,13-16H2,1H3,(H,28,32)(H,29,31). The van der Waals surface area contributed by atoms with E-state index in [2.05, 4.69) is 20.5 Å². The van der Waals surface area contributed by atoms with E-state index in [0.717, 1.165) is 5.56 Å². The van der Waals surface area contributed by atoms with Crippen LogP contribution >= 0.6 is 0 Å². The van der Waals surface area contributed by atoms with Gasteiger partial charge in [-0.3, -0.25) is 9.59 Å². The number of pyridine rings is 1. The summed E-state index contributed by atoms with van der Waals surface area (Å²) < 4.78 is 18.4. The number of nitrogens with zero attached hydrogens (tertiary/aromatic N) is 2. The SMILES string of the molecule is CC(NC(=O)c1cccnc1N1CCOCC1)c1ccc(NC(=O)c2ccc(F)cc2)cc1. The van der Waals surface area contributed by atoms with Crippen molar-refractivity contribution < 1.29 is 18.7 Å². The lowest BCUT2D eigenvalue weighted by molar-refractivity contribution is 0.0937. The highest BCUT2D eigenvalue weighted by atomic mass is 19.1. The summed E-state index contributed by atoms with van der Waals surface area (Å²) in [7, 11) is 0. The van der Waals surface area contributed by atoms with Crippen molar-refractivity contribution in [3.05, 3.63) is 89.4 Å². The Morgan fingerprint density at radius 2 is 1.70 bits per heavy atom. The van der Waals surface area contributed by atoms with Gasteiger partial charge in [0.1, 0.15) is 11.6 Å². The second-order valence-electron chi connectivity index (χ2n) is 7.75. The first kappa shape index (κ1) is 22.4. The Morgan fingerprint density at radius 1 is 1.00 bits per heavy atom. The molecule has 1 saturated heterocycles. The fraction of sp³-hybridized carbons (Fsp3) is 0.240. The Hall–Kier alpha value is -3.78. The summed E-state index contributed by atoms with van der Waals surface area (Å²) in [5.41, 5.74) is 2.39. The van der Waals surface area contributed by atoms with E-state index >= 15 is 0 Å². The van der Waals surface area contributed by atoms with Gasteiger partial charge >= 0.3 is 0 Å². The van der Waals surface area contributed by atoms with E-state index in [1.165, 1.54) is 24.3 Å². The molecule has 0 aliphatic carbocycles. The van der Waals surface area contributed by atoms with Gasteiger partial charge in [0.15, 0.2) is 0 Å². The minimum absolute atomic E-state index is 0.203. The van der Waals surface area contributed by atoms with Crippen LogP contribution in [0.4, 0.5) is 15.9 Å². The summed E-state index contributed by atoms with van der Waals surface area (Å²) in [4.78, 5) is 31.8. The number of carbonyl (C=O) groups excluding carboxylic acids is 2. The lowest BCUT2D eigenvalue weighted by Crippen LogP contribution is -2.38. The largest absolute Gasteiger partial charge is 0.378 e. The second-order valence-corrected chi connectivity index (χ2v) is 7.75. The Labute approximate surface area is 191 Å². The molecular formula is C25H25FN4O3. The predicted octanol–water partition coefficient (Wildman–Crippen LogP) is 3.80. The van der Waals surface area contributed by atoms with Crippen molar-refractivity contribution in [3.8, 4) is 0 Å². The van der Waals surface area contributed by atoms with Crippen molar-refractivity contribution in [1.82, 2.24) is 10.3 Å². The number of aromatic nitrogens is 1. The van der Waals surface area contributed by atoms with Gasteiger partial charge in [-0.15, -0.1) is 0 Å². The third-order valence-corrected chi connectivity index (χ3v) is 5.46. The van der Waals surface area contributed by atoms with Gasteiger partial charge in [-0.25, -0.2) is 9.37 Å². The maximum Gasteiger partial charge on any atom is 0.255 e. The number of amides is 2. The number of nitrogens with one attached hydrogen (secondary N) is 2. The van der Waals surface area contributed by atoms with Crippen molar-refractivity contribution in [2.45, 2.75) is 13.0 Å². The number of anilines is 2. The van der Waals surface area contributed by atoms with Crippen LogP contribution in [-0.2, 0) is 4.74 Å². The number of hydrogen-bond donors (Lipinski definition) is 2. The van der Waals surface area contributed by atoms with Crippen LogP contribution in [-0.4, -0.2) is 43.1 Å². The van der Waals surface area contributed by atoms with Crippen molar-refractivity contribution in [3.63, 3.8) is 0 Å². The van der Waals surface area contributed by atoms with Gasteiger partial charge in [-0.2, -0.15) is 0 Å². The van der Waals surface area contributed by atoms with E-state index in [1.807, 2.05) is 19.1 Å². The van der Waals surface area contributed by atoms with Crippen LogP contribution in [0.1, 0.15) is 39.2 Å². The molecule has 7 nitrogen and oxygen atoms in total. The van der Waals surface area contributed by atoms with Crippen LogP contribution in [0.2, 0.25) is 0 Å². The molecule has 2 heterocycles. The molecule has 0 saturated carbocycles. The molecule has 1 aliphatic heterocycles. The molecule has 1 aliphatic rings. The van der Waals surface area contributed by atoms with E-state index in [1.54, 1.807) is 30.5 Å². The Balaban J connectivity index is 1.40. The zero-order valence-corrected chi connectivity index (χ0v) is 18.3. The fourth-order valence-corrected chi connectivity index (χ4v) is 3.62. The summed E-state index contributed by atoms with van der Waals surface area (Å²) >= 11 is 0. The van der Waals surface area contributed by atoms with Gasteiger partial charge in [0.2, 0.25) is 0 Å². The predicted molar refractivity (Wildman–Crippen MR) is 124 cm³/mol. The molecular weight excluding hydrogens is 423 g/mol. The zero-order chi connectivity index (χ0) is 23.2. The van der Waals surface area contributed by atoms with Crippen LogP contribution in [0, 0.1) is 5.82 Å². The third kappa shape index (κ3) is 5.53. The molecule has 33 heavy (non-hydrogen) atoms.